The van der Waals surface area contributed by atoms with Gasteiger partial charge in [-0.2, -0.15) is 0 Å². The van der Waals surface area contributed by atoms with E-state index in [4.69, 9.17) is 37.2 Å². The third kappa shape index (κ3) is 6.51. The minimum atomic E-state index is -0.433. The molecule has 2 aromatic heterocycles. The van der Waals surface area contributed by atoms with Gasteiger partial charge < -0.3 is 30.2 Å². The summed E-state index contributed by atoms with van der Waals surface area (Å²) in [5.74, 6) is -0.0593. The van der Waals surface area contributed by atoms with Gasteiger partial charge in [-0.05, 0) is 55.7 Å². The molecule has 0 spiro atoms. The van der Waals surface area contributed by atoms with Gasteiger partial charge in [0.1, 0.15) is 41.5 Å². The molecule has 3 atom stereocenters. The summed E-state index contributed by atoms with van der Waals surface area (Å²) in [6.45, 7) is -0.180. The predicted octanol–water partition coefficient (Wildman–Crippen LogP) is 4.11. The number of halogens is 2. The van der Waals surface area contributed by atoms with E-state index in [2.05, 4.69) is 15.3 Å². The average molecular weight is 608 g/mol. The Hall–Kier alpha value is -4.39. The number of aromatic nitrogens is 3. The fourth-order valence-electron chi connectivity index (χ4n) is 5.46. The van der Waals surface area contributed by atoms with Crippen LogP contribution in [-0.2, 0) is 4.74 Å². The summed E-state index contributed by atoms with van der Waals surface area (Å²) < 4.78 is 28.4. The third-order valence-electron chi connectivity index (χ3n) is 7.36. The summed E-state index contributed by atoms with van der Waals surface area (Å²) >= 11 is 6.19. The highest BCUT2D eigenvalue weighted by molar-refractivity contribution is 6.31. The van der Waals surface area contributed by atoms with Gasteiger partial charge in [-0.1, -0.05) is 23.7 Å². The number of hydrogen-bond acceptors (Lipinski definition) is 7. The molecular weight excluding hydrogens is 577 g/mol. The van der Waals surface area contributed by atoms with Gasteiger partial charge in [0.15, 0.2) is 5.84 Å². The number of aliphatic imine (C=N–C) groups is 1. The number of nitrogens with zero attached hydrogens (tertiary/aromatic N) is 4. The highest BCUT2D eigenvalue weighted by Crippen LogP contribution is 2.38. The van der Waals surface area contributed by atoms with Crippen molar-refractivity contribution in [3.8, 4) is 17.1 Å². The normalized spacial score (nSPS) is 18.9. The maximum atomic E-state index is 15.1. The lowest BCUT2D eigenvalue weighted by Crippen LogP contribution is -2.43. The van der Waals surface area contributed by atoms with Crippen LogP contribution in [0.5, 0.6) is 5.75 Å². The van der Waals surface area contributed by atoms with Crippen molar-refractivity contribution in [1.29, 1.82) is 5.41 Å². The Morgan fingerprint density at radius 2 is 2.09 bits per heavy atom. The van der Waals surface area contributed by atoms with Crippen molar-refractivity contribution in [2.75, 3.05) is 20.3 Å². The predicted molar refractivity (Wildman–Crippen MR) is 161 cm³/mol. The maximum absolute atomic E-state index is 15.1. The lowest BCUT2D eigenvalue weighted by Gasteiger charge is -2.36. The SMILES string of the molecule is COC1CC(NC(=O)c2cc(Cl)ccc2OCCO)CC(n2c(-c3ccccc3F)nc3cnc(C(N)=NC=N)cc32)C1. The number of rotatable bonds is 10. The molecule has 5 rings (SSSR count). The fourth-order valence-corrected chi connectivity index (χ4v) is 5.63. The Morgan fingerprint density at radius 3 is 2.84 bits per heavy atom. The molecule has 0 bridgehead atoms. The first-order chi connectivity index (χ1) is 20.8. The Balaban J connectivity index is 1.55. The minimum Gasteiger partial charge on any atom is -0.490 e. The van der Waals surface area contributed by atoms with Crippen LogP contribution < -0.4 is 15.8 Å². The Labute approximate surface area is 252 Å². The molecule has 1 amide bonds. The van der Waals surface area contributed by atoms with Crippen molar-refractivity contribution in [1.82, 2.24) is 19.9 Å². The topological polar surface area (TPSA) is 161 Å². The molecule has 4 aromatic rings. The summed E-state index contributed by atoms with van der Waals surface area (Å²) in [6, 6.07) is 12.2. The number of benzene rings is 2. The van der Waals surface area contributed by atoms with Crippen LogP contribution in [0, 0.1) is 11.2 Å². The van der Waals surface area contributed by atoms with Crippen LogP contribution in [0.25, 0.3) is 22.4 Å². The number of imidazole rings is 1. The number of fused-ring (bicyclic) bond motifs is 1. The molecule has 13 heteroatoms. The summed E-state index contributed by atoms with van der Waals surface area (Å²) in [5, 5.41) is 19.9. The molecule has 5 N–H and O–H groups in total. The van der Waals surface area contributed by atoms with Gasteiger partial charge in [-0.25, -0.2) is 14.4 Å². The van der Waals surface area contributed by atoms with Crippen molar-refractivity contribution in [2.45, 2.75) is 37.5 Å². The van der Waals surface area contributed by atoms with Crippen LogP contribution in [0.2, 0.25) is 5.02 Å². The zero-order valence-electron chi connectivity index (χ0n) is 23.3. The van der Waals surface area contributed by atoms with E-state index in [-0.39, 0.29) is 48.7 Å². The van der Waals surface area contributed by atoms with Crippen LogP contribution in [0.3, 0.4) is 0 Å². The first-order valence-corrected chi connectivity index (χ1v) is 14.0. The van der Waals surface area contributed by atoms with Crippen LogP contribution in [-0.4, -0.2) is 70.2 Å². The largest absolute Gasteiger partial charge is 0.490 e. The number of pyridine rings is 1. The second-order valence-corrected chi connectivity index (χ2v) is 10.5. The Bertz CT molecular complexity index is 1680. The number of ether oxygens (including phenoxy) is 2. The molecule has 1 fully saturated rings. The lowest BCUT2D eigenvalue weighted by atomic mass is 9.87. The quantitative estimate of drug-likeness (QED) is 0.156. The number of amides is 1. The molecule has 1 aliphatic rings. The van der Waals surface area contributed by atoms with Crippen molar-refractivity contribution in [3.05, 3.63) is 76.8 Å². The van der Waals surface area contributed by atoms with E-state index in [0.29, 0.717) is 58.1 Å². The Morgan fingerprint density at radius 1 is 1.28 bits per heavy atom. The van der Waals surface area contributed by atoms with Gasteiger partial charge in [-0.3, -0.25) is 15.2 Å². The molecule has 2 aromatic carbocycles. The molecule has 3 unspecified atom stereocenters. The zero-order valence-corrected chi connectivity index (χ0v) is 24.1. The molecule has 2 heterocycles. The van der Waals surface area contributed by atoms with Crippen LogP contribution in [0.15, 0.2) is 59.7 Å². The molecule has 1 saturated carbocycles. The molecule has 0 radical (unpaired) electrons. The number of aliphatic hydroxyl groups is 1. The number of hydrogen-bond donors (Lipinski definition) is 4. The lowest BCUT2D eigenvalue weighted by molar-refractivity contribution is 0.0397. The van der Waals surface area contributed by atoms with Crippen molar-refractivity contribution in [2.24, 2.45) is 10.7 Å². The molecule has 43 heavy (non-hydrogen) atoms. The first-order valence-electron chi connectivity index (χ1n) is 13.6. The number of nitrogens with two attached hydrogens (primary N) is 1. The van der Waals surface area contributed by atoms with E-state index in [1.165, 1.54) is 12.1 Å². The van der Waals surface area contributed by atoms with Gasteiger partial charge in [0.05, 0.1) is 35.6 Å². The van der Waals surface area contributed by atoms with Crippen LogP contribution >= 0.6 is 11.6 Å². The van der Waals surface area contributed by atoms with Gasteiger partial charge >= 0.3 is 0 Å². The van der Waals surface area contributed by atoms with Crippen LogP contribution in [0.4, 0.5) is 4.39 Å². The highest BCUT2D eigenvalue weighted by Gasteiger charge is 2.34. The van der Waals surface area contributed by atoms with E-state index >= 15 is 4.39 Å². The Kier molecular flexibility index (Phi) is 9.29. The summed E-state index contributed by atoms with van der Waals surface area (Å²) in [5.41, 5.74) is 8.11. The van der Waals surface area contributed by atoms with Crippen molar-refractivity contribution < 1.29 is 23.8 Å². The number of nitrogens with one attached hydrogen (secondary N) is 2. The number of carbonyl (C=O) groups is 1. The number of carbonyl (C=O) groups excluding carboxylic acids is 1. The third-order valence-corrected chi connectivity index (χ3v) is 7.60. The highest BCUT2D eigenvalue weighted by atomic mass is 35.5. The van der Waals surface area contributed by atoms with Gasteiger partial charge in [0, 0.05) is 24.2 Å². The zero-order chi connectivity index (χ0) is 30.5. The standard InChI is InChI=1S/C30H31ClFN7O4/c1-42-20-12-18(37-30(41)22-10-17(31)6-7-27(22)43-9-8-40)11-19(13-20)39-26-14-24(28(34)36-16-33)35-15-25(26)38-29(39)21-4-2-3-5-23(21)32/h2-7,10,14-16,18-20,40H,8-9,11-13H2,1H3,(H,37,41)(H3,33,34,36). The number of methoxy groups -OCH3 is 1. The number of amidine groups is 1. The van der Waals surface area contributed by atoms with E-state index in [1.54, 1.807) is 49.7 Å². The second kappa shape index (κ2) is 13.3. The maximum Gasteiger partial charge on any atom is 0.255 e. The minimum absolute atomic E-state index is 0.0254. The van der Waals surface area contributed by atoms with Gasteiger partial charge in [0.2, 0.25) is 0 Å². The average Bonchev–Trinajstić information content (AvgIpc) is 3.39. The van der Waals surface area contributed by atoms with Gasteiger partial charge in [-0.15, -0.1) is 0 Å². The smallest absolute Gasteiger partial charge is 0.255 e. The van der Waals surface area contributed by atoms with Crippen LogP contribution in [0.1, 0.15) is 41.4 Å². The molecule has 0 saturated heterocycles. The monoisotopic (exact) mass is 607 g/mol. The van der Waals surface area contributed by atoms with Crippen molar-refractivity contribution in [3.63, 3.8) is 0 Å². The van der Waals surface area contributed by atoms with E-state index < -0.39 is 5.82 Å². The van der Waals surface area contributed by atoms with Crippen molar-refractivity contribution >= 4 is 40.7 Å². The molecule has 11 nitrogen and oxygen atoms in total. The van der Waals surface area contributed by atoms with Gasteiger partial charge in [0.25, 0.3) is 5.91 Å². The molecular formula is C30H31ClFN7O4. The summed E-state index contributed by atoms with van der Waals surface area (Å²) in [4.78, 5) is 26.4. The first kappa shape index (κ1) is 30.1. The molecule has 224 valence electrons. The second-order valence-electron chi connectivity index (χ2n) is 10.1. The van der Waals surface area contributed by atoms with E-state index in [0.717, 1.165) is 6.34 Å². The summed E-state index contributed by atoms with van der Waals surface area (Å²) in [7, 11) is 1.62. The van der Waals surface area contributed by atoms with E-state index in [9.17, 15) is 9.90 Å². The van der Waals surface area contributed by atoms with E-state index in [1.807, 2.05) is 4.57 Å². The molecule has 0 aliphatic heterocycles. The fraction of sp³-hybridized carbons (Fsp3) is 0.300. The molecule has 1 aliphatic carbocycles. The number of aliphatic hydroxyl groups excluding tert-OH is 1. The summed E-state index contributed by atoms with van der Waals surface area (Å²) in [6.07, 6.45) is 3.74.